The van der Waals surface area contributed by atoms with Crippen LogP contribution in [-0.2, 0) is 6.42 Å². The Morgan fingerprint density at radius 2 is 1.89 bits per heavy atom. The van der Waals surface area contributed by atoms with Crippen molar-refractivity contribution in [2.45, 2.75) is 18.2 Å². The molecule has 0 aliphatic carbocycles. The summed E-state index contributed by atoms with van der Waals surface area (Å²) >= 11 is 8.58. The van der Waals surface area contributed by atoms with E-state index < -0.39 is 11.6 Å². The van der Waals surface area contributed by atoms with E-state index >= 15 is 0 Å². The van der Waals surface area contributed by atoms with Gasteiger partial charge in [-0.3, -0.25) is 0 Å². The van der Waals surface area contributed by atoms with Gasteiger partial charge in [-0.15, -0.1) is 11.3 Å². The van der Waals surface area contributed by atoms with Gasteiger partial charge in [0.25, 0.3) is 0 Å². The number of alkyl halides is 1. The van der Waals surface area contributed by atoms with Crippen molar-refractivity contribution in [1.82, 2.24) is 0 Å². The predicted molar refractivity (Wildman–Crippen MR) is 78.5 cm³/mol. The lowest BCUT2D eigenvalue weighted by atomic mass is 10.1. The molecule has 0 bridgehead atoms. The highest BCUT2D eigenvalue weighted by atomic mass is 79.9. The molecule has 18 heavy (non-hydrogen) atoms. The van der Waals surface area contributed by atoms with Crippen molar-refractivity contribution in [2.24, 2.45) is 0 Å². The van der Waals surface area contributed by atoms with Crippen LogP contribution in [-0.4, -0.2) is 0 Å². The summed E-state index contributed by atoms with van der Waals surface area (Å²) in [5.41, 5.74) is 0.123. The van der Waals surface area contributed by atoms with E-state index in [1.165, 1.54) is 18.2 Å². The van der Waals surface area contributed by atoms with Gasteiger partial charge in [0.05, 0.1) is 4.83 Å². The molecule has 1 atom stereocenters. The topological polar surface area (TPSA) is 0 Å². The number of aryl methyl sites for hydroxylation is 1. The maximum absolute atomic E-state index is 13.6. The molecule has 1 aromatic heterocycles. The normalized spacial score (nSPS) is 12.7. The van der Waals surface area contributed by atoms with Crippen LogP contribution in [0, 0.1) is 18.6 Å². The lowest BCUT2D eigenvalue weighted by Crippen LogP contribution is -2.00. The first-order chi connectivity index (χ1) is 8.49. The Hall–Kier alpha value is -0.260. The SMILES string of the molecule is Cc1cc(Br)c(C(Br)Cc2c(F)cccc2F)s1. The van der Waals surface area contributed by atoms with Gasteiger partial charge in [-0.1, -0.05) is 22.0 Å². The Balaban J connectivity index is 2.26. The molecule has 0 spiro atoms. The third-order valence-electron chi connectivity index (χ3n) is 2.57. The molecule has 0 fully saturated rings. The lowest BCUT2D eigenvalue weighted by Gasteiger charge is -2.10. The van der Waals surface area contributed by atoms with Gasteiger partial charge in [0, 0.05) is 19.8 Å². The Morgan fingerprint density at radius 3 is 2.39 bits per heavy atom. The first-order valence-electron chi connectivity index (χ1n) is 5.32. The minimum Gasteiger partial charge on any atom is -0.207 e. The minimum absolute atomic E-state index is 0.100. The second-order valence-electron chi connectivity index (χ2n) is 3.94. The van der Waals surface area contributed by atoms with E-state index in [-0.39, 0.29) is 16.8 Å². The van der Waals surface area contributed by atoms with E-state index in [1.807, 2.05) is 13.0 Å². The Bertz CT molecular complexity index is 546. The molecular formula is C13H10Br2F2S. The highest BCUT2D eigenvalue weighted by molar-refractivity contribution is 9.11. The van der Waals surface area contributed by atoms with Crippen LogP contribution in [0.15, 0.2) is 28.7 Å². The average molecular weight is 396 g/mol. The smallest absolute Gasteiger partial charge is 0.129 e. The second-order valence-corrected chi connectivity index (χ2v) is 7.19. The number of rotatable bonds is 3. The molecule has 0 radical (unpaired) electrons. The summed E-state index contributed by atoms with van der Waals surface area (Å²) < 4.78 is 28.1. The van der Waals surface area contributed by atoms with Crippen molar-refractivity contribution in [3.63, 3.8) is 0 Å². The van der Waals surface area contributed by atoms with Crippen molar-refractivity contribution >= 4 is 43.2 Å². The fraction of sp³-hybridized carbons (Fsp3) is 0.231. The van der Waals surface area contributed by atoms with Crippen LogP contribution in [0.1, 0.15) is 20.1 Å². The Kier molecular flexibility index (Phi) is 4.56. The maximum Gasteiger partial charge on any atom is 0.129 e. The highest BCUT2D eigenvalue weighted by Crippen LogP contribution is 2.39. The molecule has 0 nitrogen and oxygen atoms in total. The first-order valence-corrected chi connectivity index (χ1v) is 7.84. The number of halogens is 4. The van der Waals surface area contributed by atoms with Gasteiger partial charge >= 0.3 is 0 Å². The molecule has 0 aliphatic rings. The molecule has 96 valence electrons. The van der Waals surface area contributed by atoms with Crippen molar-refractivity contribution in [3.05, 3.63) is 55.7 Å². The molecule has 1 unspecified atom stereocenters. The summed E-state index contributed by atoms with van der Waals surface area (Å²) in [7, 11) is 0. The minimum atomic E-state index is -0.496. The molecule has 1 aromatic carbocycles. The van der Waals surface area contributed by atoms with Gasteiger partial charge in [0.15, 0.2) is 0 Å². The summed E-state index contributed by atoms with van der Waals surface area (Å²) in [5.74, 6) is -0.993. The maximum atomic E-state index is 13.6. The fourth-order valence-electron chi connectivity index (χ4n) is 1.71. The van der Waals surface area contributed by atoms with Gasteiger partial charge in [-0.25, -0.2) is 8.78 Å². The van der Waals surface area contributed by atoms with E-state index in [1.54, 1.807) is 11.3 Å². The van der Waals surface area contributed by atoms with Crippen LogP contribution in [0.3, 0.4) is 0 Å². The molecule has 5 heteroatoms. The zero-order chi connectivity index (χ0) is 13.3. The number of hydrogen-bond acceptors (Lipinski definition) is 1. The molecule has 0 saturated carbocycles. The summed E-state index contributed by atoms with van der Waals surface area (Å²) in [5, 5.41) is 0. The van der Waals surface area contributed by atoms with E-state index in [9.17, 15) is 8.78 Å². The van der Waals surface area contributed by atoms with Gasteiger partial charge < -0.3 is 0 Å². The second kappa shape index (κ2) is 5.80. The lowest BCUT2D eigenvalue weighted by molar-refractivity contribution is 0.554. The largest absolute Gasteiger partial charge is 0.207 e. The van der Waals surface area contributed by atoms with Gasteiger partial charge in [-0.2, -0.15) is 0 Å². The monoisotopic (exact) mass is 394 g/mol. The fourth-order valence-corrected chi connectivity index (χ4v) is 4.78. The van der Waals surface area contributed by atoms with E-state index in [2.05, 4.69) is 31.9 Å². The van der Waals surface area contributed by atoms with E-state index in [4.69, 9.17) is 0 Å². The standard InChI is InChI=1S/C13H10Br2F2S/c1-7-5-9(14)13(18-7)10(15)6-8-11(16)3-2-4-12(8)17/h2-5,10H,6H2,1H3. The Labute approximate surface area is 125 Å². The first kappa shape index (κ1) is 14.2. The number of thiophene rings is 1. The molecule has 0 aliphatic heterocycles. The average Bonchev–Trinajstić information content (AvgIpc) is 2.63. The summed E-state index contributed by atoms with van der Waals surface area (Å²) in [6.07, 6.45) is 0.289. The zero-order valence-corrected chi connectivity index (χ0v) is 13.5. The van der Waals surface area contributed by atoms with Crippen LogP contribution in [0.4, 0.5) is 8.78 Å². The van der Waals surface area contributed by atoms with Crippen molar-refractivity contribution in [3.8, 4) is 0 Å². The quantitative estimate of drug-likeness (QED) is 0.578. The molecular weight excluding hydrogens is 386 g/mol. The van der Waals surface area contributed by atoms with Crippen LogP contribution in [0.5, 0.6) is 0 Å². The predicted octanol–water partition coefficient (Wildman–Crippen LogP) is 5.78. The summed E-state index contributed by atoms with van der Waals surface area (Å²) in [6, 6.07) is 5.95. The van der Waals surface area contributed by atoms with E-state index in [0.29, 0.717) is 0 Å². The Morgan fingerprint density at radius 1 is 1.28 bits per heavy atom. The molecule has 2 rings (SSSR count). The van der Waals surface area contributed by atoms with Crippen molar-refractivity contribution in [2.75, 3.05) is 0 Å². The summed E-state index contributed by atoms with van der Waals surface area (Å²) in [6.45, 7) is 2.00. The summed E-state index contributed by atoms with van der Waals surface area (Å²) in [4.78, 5) is 2.11. The van der Waals surface area contributed by atoms with Crippen LogP contribution in [0.2, 0.25) is 0 Å². The molecule has 0 saturated heterocycles. The van der Waals surface area contributed by atoms with Gasteiger partial charge in [0.1, 0.15) is 11.6 Å². The van der Waals surface area contributed by atoms with Crippen LogP contribution >= 0.6 is 43.2 Å². The third kappa shape index (κ3) is 3.00. The van der Waals surface area contributed by atoms with Crippen molar-refractivity contribution < 1.29 is 8.78 Å². The van der Waals surface area contributed by atoms with Crippen LogP contribution < -0.4 is 0 Å². The van der Waals surface area contributed by atoms with Crippen LogP contribution in [0.25, 0.3) is 0 Å². The molecule has 2 aromatic rings. The molecule has 1 heterocycles. The van der Waals surface area contributed by atoms with Gasteiger partial charge in [0.2, 0.25) is 0 Å². The highest BCUT2D eigenvalue weighted by Gasteiger charge is 2.18. The molecule has 0 amide bonds. The number of benzene rings is 1. The number of hydrogen-bond donors (Lipinski definition) is 0. The molecule has 0 N–H and O–H groups in total. The van der Waals surface area contributed by atoms with Crippen molar-refractivity contribution in [1.29, 1.82) is 0 Å². The zero-order valence-electron chi connectivity index (χ0n) is 9.51. The van der Waals surface area contributed by atoms with Gasteiger partial charge in [-0.05, 0) is 47.5 Å². The third-order valence-corrected chi connectivity index (χ3v) is 5.73. The van der Waals surface area contributed by atoms with E-state index in [0.717, 1.165) is 14.2 Å².